The van der Waals surface area contributed by atoms with Crippen LogP contribution in [0.3, 0.4) is 0 Å². The number of hydrogen-bond donors (Lipinski definition) is 1. The van der Waals surface area contributed by atoms with Crippen molar-refractivity contribution in [1.82, 2.24) is 0 Å². The molecule has 0 aliphatic rings. The fourth-order valence-corrected chi connectivity index (χ4v) is 0.534. The second-order valence-electron chi connectivity index (χ2n) is 1.76. The van der Waals surface area contributed by atoms with Crippen molar-refractivity contribution >= 4 is 18.2 Å². The molecule has 0 aliphatic carbocycles. The molecule has 0 radical (unpaired) electrons. The Morgan fingerprint density at radius 3 is 1.90 bits per heavy atom. The van der Waals surface area contributed by atoms with Crippen LogP contribution in [-0.2, 0) is 4.79 Å². The minimum absolute atomic E-state index is 0.444. The Balaban J connectivity index is 0.000000236. The molecular weight excluding hydrogens is 144 g/mol. The van der Waals surface area contributed by atoms with Gasteiger partial charge in [-0.25, -0.2) is 0 Å². The average molecular weight is 154 g/mol. The topological polar surface area (TPSA) is 17.1 Å². The summed E-state index contributed by atoms with van der Waals surface area (Å²) in [5, 5.41) is 0. The molecule has 0 saturated carbocycles. The second kappa shape index (κ2) is 6.36. The SMILES string of the molecule is Cc1ccccc1.O=CS. The van der Waals surface area contributed by atoms with Gasteiger partial charge in [-0.2, -0.15) is 0 Å². The van der Waals surface area contributed by atoms with Crippen LogP contribution < -0.4 is 0 Å². The number of benzene rings is 1. The van der Waals surface area contributed by atoms with Gasteiger partial charge in [-0.1, -0.05) is 35.9 Å². The number of aryl methyl sites for hydroxylation is 1. The molecule has 0 saturated heterocycles. The molecule has 1 aromatic carbocycles. The van der Waals surface area contributed by atoms with Crippen LogP contribution in [0.15, 0.2) is 30.3 Å². The highest BCUT2D eigenvalue weighted by molar-refractivity contribution is 7.94. The zero-order valence-corrected chi connectivity index (χ0v) is 6.71. The van der Waals surface area contributed by atoms with Crippen molar-refractivity contribution in [3.8, 4) is 0 Å². The number of carbonyl (C=O) groups is 1. The van der Waals surface area contributed by atoms with Crippen LogP contribution in [0.25, 0.3) is 0 Å². The Hall–Kier alpha value is -0.760. The summed E-state index contributed by atoms with van der Waals surface area (Å²) in [4.78, 5) is 8.67. The van der Waals surface area contributed by atoms with E-state index < -0.39 is 0 Å². The predicted octanol–water partition coefficient (Wildman–Crippen LogP) is 2.10. The molecular formula is C8H10OS. The molecule has 0 fully saturated rings. The maximum absolute atomic E-state index is 8.67. The summed E-state index contributed by atoms with van der Waals surface area (Å²) < 4.78 is 0. The Kier molecular flexibility index (Phi) is 5.88. The highest BCUT2D eigenvalue weighted by Gasteiger charge is 1.72. The van der Waals surface area contributed by atoms with Gasteiger partial charge in [-0.3, -0.25) is 4.79 Å². The highest BCUT2D eigenvalue weighted by atomic mass is 32.1. The zero-order valence-electron chi connectivity index (χ0n) is 5.82. The Morgan fingerprint density at radius 1 is 1.30 bits per heavy atom. The van der Waals surface area contributed by atoms with Crippen LogP contribution in [0, 0.1) is 6.92 Å². The molecule has 10 heavy (non-hydrogen) atoms. The van der Waals surface area contributed by atoms with Gasteiger partial charge in [-0.05, 0) is 6.92 Å². The molecule has 0 heterocycles. The third kappa shape index (κ3) is 5.38. The van der Waals surface area contributed by atoms with Crippen LogP contribution in [0.5, 0.6) is 0 Å². The number of carbonyl (C=O) groups excluding carboxylic acids is 1. The quantitative estimate of drug-likeness (QED) is 0.447. The minimum atomic E-state index is 0.444. The van der Waals surface area contributed by atoms with Crippen LogP contribution >= 0.6 is 12.6 Å². The monoisotopic (exact) mass is 154 g/mol. The first-order valence-electron chi connectivity index (χ1n) is 2.90. The fourth-order valence-electron chi connectivity index (χ4n) is 0.534. The number of thiol groups is 1. The summed E-state index contributed by atoms with van der Waals surface area (Å²) >= 11 is 3.11. The van der Waals surface area contributed by atoms with E-state index in [1.165, 1.54) is 5.56 Å². The van der Waals surface area contributed by atoms with Crippen molar-refractivity contribution in [2.45, 2.75) is 6.92 Å². The molecule has 0 N–H and O–H groups in total. The van der Waals surface area contributed by atoms with Crippen LogP contribution in [0.1, 0.15) is 5.56 Å². The third-order valence-corrected chi connectivity index (χ3v) is 0.940. The smallest absolute Gasteiger partial charge is 0.173 e. The summed E-state index contributed by atoms with van der Waals surface area (Å²) in [6, 6.07) is 10.3. The van der Waals surface area contributed by atoms with Gasteiger partial charge in [-0.15, -0.1) is 12.6 Å². The van der Waals surface area contributed by atoms with Gasteiger partial charge in [0.15, 0.2) is 5.62 Å². The Labute approximate surface area is 66.5 Å². The molecule has 54 valence electrons. The van der Waals surface area contributed by atoms with E-state index in [0.29, 0.717) is 5.62 Å². The van der Waals surface area contributed by atoms with Gasteiger partial charge in [0.2, 0.25) is 0 Å². The summed E-state index contributed by atoms with van der Waals surface area (Å²) in [6.45, 7) is 2.08. The van der Waals surface area contributed by atoms with E-state index in [1.54, 1.807) is 0 Å². The number of hydrogen-bond acceptors (Lipinski definition) is 1. The molecule has 1 rings (SSSR count). The van der Waals surface area contributed by atoms with E-state index in [9.17, 15) is 0 Å². The second-order valence-corrected chi connectivity index (χ2v) is 1.97. The van der Waals surface area contributed by atoms with E-state index in [2.05, 4.69) is 31.7 Å². The molecule has 0 atom stereocenters. The first kappa shape index (κ1) is 9.24. The lowest BCUT2D eigenvalue weighted by Gasteiger charge is -1.82. The first-order valence-corrected chi connectivity index (χ1v) is 3.42. The largest absolute Gasteiger partial charge is 0.291 e. The van der Waals surface area contributed by atoms with Crippen LogP contribution in [-0.4, -0.2) is 5.62 Å². The van der Waals surface area contributed by atoms with Gasteiger partial charge in [0, 0.05) is 0 Å². The van der Waals surface area contributed by atoms with Gasteiger partial charge in [0.1, 0.15) is 0 Å². The van der Waals surface area contributed by atoms with Crippen molar-refractivity contribution in [2.24, 2.45) is 0 Å². The first-order chi connectivity index (χ1) is 4.81. The van der Waals surface area contributed by atoms with Gasteiger partial charge in [0.05, 0.1) is 0 Å². The predicted molar refractivity (Wildman–Crippen MR) is 46.9 cm³/mol. The maximum atomic E-state index is 8.67. The summed E-state index contributed by atoms with van der Waals surface area (Å²) in [7, 11) is 0. The van der Waals surface area contributed by atoms with Crippen molar-refractivity contribution in [3.63, 3.8) is 0 Å². The van der Waals surface area contributed by atoms with Gasteiger partial charge in [0.25, 0.3) is 0 Å². The number of rotatable bonds is 0. The maximum Gasteiger partial charge on any atom is 0.173 e. The molecule has 2 heteroatoms. The van der Waals surface area contributed by atoms with Gasteiger partial charge >= 0.3 is 0 Å². The third-order valence-electron chi connectivity index (χ3n) is 0.940. The van der Waals surface area contributed by atoms with Crippen LogP contribution in [0.2, 0.25) is 0 Å². The van der Waals surface area contributed by atoms with E-state index in [0.717, 1.165) is 0 Å². The van der Waals surface area contributed by atoms with Crippen molar-refractivity contribution in [1.29, 1.82) is 0 Å². The molecule has 0 bridgehead atoms. The highest BCUT2D eigenvalue weighted by Crippen LogP contribution is 1.92. The minimum Gasteiger partial charge on any atom is -0.291 e. The van der Waals surface area contributed by atoms with E-state index in [-0.39, 0.29) is 0 Å². The summed E-state index contributed by atoms with van der Waals surface area (Å²) in [6.07, 6.45) is 0. The lowest BCUT2D eigenvalue weighted by Crippen LogP contribution is -1.62. The molecule has 1 aromatic rings. The summed E-state index contributed by atoms with van der Waals surface area (Å²) in [5.41, 5.74) is 1.77. The van der Waals surface area contributed by atoms with E-state index in [4.69, 9.17) is 4.79 Å². The Morgan fingerprint density at radius 2 is 1.70 bits per heavy atom. The van der Waals surface area contributed by atoms with E-state index >= 15 is 0 Å². The zero-order chi connectivity index (χ0) is 7.82. The fraction of sp³-hybridized carbons (Fsp3) is 0.125. The molecule has 0 aromatic heterocycles. The average Bonchev–Trinajstić information content (AvgIpc) is 1.91. The summed E-state index contributed by atoms with van der Waals surface area (Å²) in [5.74, 6) is 0. The lowest BCUT2D eigenvalue weighted by atomic mass is 10.2. The lowest BCUT2D eigenvalue weighted by molar-refractivity contribution is 0.570. The molecule has 0 unspecified atom stereocenters. The standard InChI is InChI=1S/C7H8.CH2OS/c1-7-5-3-2-4-6-7;2-1-3/h2-6H,1H3;1H,(H,2,3). The van der Waals surface area contributed by atoms with Crippen molar-refractivity contribution < 1.29 is 4.79 Å². The molecule has 1 nitrogen and oxygen atoms in total. The van der Waals surface area contributed by atoms with Gasteiger partial charge < -0.3 is 0 Å². The molecule has 0 aliphatic heterocycles. The molecule has 0 amide bonds. The van der Waals surface area contributed by atoms with Crippen molar-refractivity contribution in [3.05, 3.63) is 35.9 Å². The molecule has 0 spiro atoms. The Bertz CT molecular complexity index is 172. The van der Waals surface area contributed by atoms with E-state index in [1.807, 2.05) is 18.2 Å². The van der Waals surface area contributed by atoms with Crippen molar-refractivity contribution in [2.75, 3.05) is 0 Å². The normalized spacial score (nSPS) is 7.40. The van der Waals surface area contributed by atoms with Crippen LogP contribution in [0.4, 0.5) is 0 Å².